The van der Waals surface area contributed by atoms with E-state index >= 15 is 0 Å². The minimum Gasteiger partial charge on any atom is -0.491 e. The Labute approximate surface area is 257 Å². The number of aliphatic hydroxyl groups is 2. The number of carbonyl (C=O) groups is 3. The normalized spacial score (nSPS) is 14.2. The van der Waals surface area contributed by atoms with Crippen molar-refractivity contribution in [3.63, 3.8) is 0 Å². The molecular weight excluding hydrogens is 540 g/mol. The molecule has 0 radical (unpaired) electrons. The van der Waals surface area contributed by atoms with Gasteiger partial charge in [0.05, 0.1) is 6.61 Å². The molecule has 4 rings (SSSR count). The number of rotatable bonds is 7. The van der Waals surface area contributed by atoms with E-state index < -0.39 is 5.60 Å². The number of hydrogen-bond acceptors (Lipinski definition) is 6. The largest absolute Gasteiger partial charge is 0.491 e. The van der Waals surface area contributed by atoms with Gasteiger partial charge in [-0.3, -0.25) is 14.4 Å². The Morgan fingerprint density at radius 1 is 0.651 bits per heavy atom. The third-order valence-electron chi connectivity index (χ3n) is 7.01. The lowest BCUT2D eigenvalue weighted by Gasteiger charge is -2.30. The van der Waals surface area contributed by atoms with Crippen molar-refractivity contribution in [1.29, 1.82) is 0 Å². The summed E-state index contributed by atoms with van der Waals surface area (Å²) in [6.45, 7) is 11.7. The Balaban J connectivity index is 0.000000227. The molecule has 0 atom stereocenters. The smallest absolute Gasteiger partial charge is 0.194 e. The molecule has 3 aromatic carbocycles. The first-order chi connectivity index (χ1) is 20.2. The van der Waals surface area contributed by atoms with Crippen LogP contribution < -0.4 is 4.74 Å². The van der Waals surface area contributed by atoms with E-state index in [2.05, 4.69) is 0 Å². The van der Waals surface area contributed by atoms with Gasteiger partial charge in [0.1, 0.15) is 18.0 Å². The van der Waals surface area contributed by atoms with Crippen LogP contribution in [0.4, 0.5) is 0 Å². The van der Waals surface area contributed by atoms with Gasteiger partial charge in [0.15, 0.2) is 17.3 Å². The van der Waals surface area contributed by atoms with E-state index in [0.717, 1.165) is 24.8 Å². The van der Waals surface area contributed by atoms with Gasteiger partial charge in [-0.15, -0.1) is 0 Å². The van der Waals surface area contributed by atoms with Gasteiger partial charge in [-0.25, -0.2) is 0 Å². The van der Waals surface area contributed by atoms with Gasteiger partial charge in [0.25, 0.3) is 0 Å². The second-order valence-electron chi connectivity index (χ2n) is 12.9. The molecule has 1 saturated carbocycles. The summed E-state index contributed by atoms with van der Waals surface area (Å²) in [4.78, 5) is 35.6. The predicted molar refractivity (Wildman–Crippen MR) is 172 cm³/mol. The molecule has 6 heteroatoms. The molecule has 232 valence electrons. The lowest BCUT2D eigenvalue weighted by Crippen LogP contribution is -2.40. The Bertz CT molecular complexity index is 1280. The summed E-state index contributed by atoms with van der Waals surface area (Å²) < 4.78 is 5.21. The molecular formula is C37H48O6. The van der Waals surface area contributed by atoms with Crippen LogP contribution in [0.2, 0.25) is 0 Å². The summed E-state index contributed by atoms with van der Waals surface area (Å²) in [6.07, 6.45) is 4.26. The van der Waals surface area contributed by atoms with Crippen LogP contribution >= 0.6 is 0 Å². The Hall–Kier alpha value is -3.61. The second kappa shape index (κ2) is 16.3. The molecule has 1 aliphatic rings. The van der Waals surface area contributed by atoms with Crippen molar-refractivity contribution in [2.45, 2.75) is 79.2 Å². The Morgan fingerprint density at radius 3 is 1.49 bits per heavy atom. The third kappa shape index (κ3) is 11.5. The quantitative estimate of drug-likeness (QED) is 0.274. The standard InChI is InChI=1S/C13H18O3.C13H16O2.C11H14O/c1-13(2,3)12(15)10-4-6-11(7-5-10)16-9-8-14;14-12(11-7-3-1-4-8-11)13(15)9-5-2-6-10-13;1-11(2,3)10(12)9-7-5-4-6-8-9/h4-7,14H,8-9H2,1-3H3;1,3-4,7-8,15H,2,5-6,9-10H2;4-8H,1-3H3. The van der Waals surface area contributed by atoms with Crippen molar-refractivity contribution < 1.29 is 29.3 Å². The highest BCUT2D eigenvalue weighted by atomic mass is 16.5. The van der Waals surface area contributed by atoms with Gasteiger partial charge >= 0.3 is 0 Å². The summed E-state index contributed by atoms with van der Waals surface area (Å²) in [5, 5.41) is 18.8. The average molecular weight is 589 g/mol. The zero-order chi connectivity index (χ0) is 32.1. The first kappa shape index (κ1) is 35.6. The summed E-state index contributed by atoms with van der Waals surface area (Å²) in [5.41, 5.74) is 0.366. The SMILES string of the molecule is CC(C)(C)C(=O)c1ccc(OCCO)cc1.CC(C)(C)C(=O)c1ccccc1.O=C(c1ccccc1)C1(O)CCCCC1. The Kier molecular flexibility index (Phi) is 13.5. The highest BCUT2D eigenvalue weighted by molar-refractivity contribution is 6.02. The summed E-state index contributed by atoms with van der Waals surface area (Å²) in [7, 11) is 0. The Morgan fingerprint density at radius 2 is 1.07 bits per heavy atom. The number of ketones is 3. The van der Waals surface area contributed by atoms with Crippen LogP contribution in [0.5, 0.6) is 5.75 Å². The first-order valence-corrected chi connectivity index (χ1v) is 15.0. The molecule has 0 heterocycles. The fourth-order valence-corrected chi connectivity index (χ4v) is 4.54. The molecule has 3 aromatic rings. The highest BCUT2D eigenvalue weighted by Gasteiger charge is 2.37. The van der Waals surface area contributed by atoms with Crippen molar-refractivity contribution in [3.05, 3.63) is 102 Å². The van der Waals surface area contributed by atoms with Crippen LogP contribution in [0.25, 0.3) is 0 Å². The monoisotopic (exact) mass is 588 g/mol. The summed E-state index contributed by atoms with van der Waals surface area (Å²) in [5.74, 6) is 0.867. The predicted octanol–water partition coefficient (Wildman–Crippen LogP) is 7.77. The fourth-order valence-electron chi connectivity index (χ4n) is 4.54. The van der Waals surface area contributed by atoms with Crippen molar-refractivity contribution in [2.24, 2.45) is 10.8 Å². The zero-order valence-corrected chi connectivity index (χ0v) is 26.6. The van der Waals surface area contributed by atoms with Gasteiger partial charge in [-0.05, 0) is 37.1 Å². The molecule has 1 fully saturated rings. The van der Waals surface area contributed by atoms with E-state index in [1.807, 2.05) is 90.1 Å². The summed E-state index contributed by atoms with van der Waals surface area (Å²) in [6, 6.07) is 25.5. The van der Waals surface area contributed by atoms with Crippen LogP contribution in [0.15, 0.2) is 84.9 Å². The molecule has 43 heavy (non-hydrogen) atoms. The molecule has 2 N–H and O–H groups in total. The number of aliphatic hydroxyl groups excluding tert-OH is 1. The van der Waals surface area contributed by atoms with Crippen LogP contribution in [0.3, 0.4) is 0 Å². The zero-order valence-electron chi connectivity index (χ0n) is 26.6. The lowest BCUT2D eigenvalue weighted by molar-refractivity contribution is 0.0116. The van der Waals surface area contributed by atoms with E-state index in [9.17, 15) is 19.5 Å². The molecule has 1 aliphatic carbocycles. The molecule has 0 aromatic heterocycles. The maximum Gasteiger partial charge on any atom is 0.194 e. The van der Waals surface area contributed by atoms with Crippen molar-refractivity contribution >= 4 is 17.3 Å². The van der Waals surface area contributed by atoms with E-state index in [-0.39, 0.29) is 41.4 Å². The summed E-state index contributed by atoms with van der Waals surface area (Å²) >= 11 is 0. The second-order valence-corrected chi connectivity index (χ2v) is 12.9. The van der Waals surface area contributed by atoms with Crippen molar-refractivity contribution in [2.75, 3.05) is 13.2 Å². The van der Waals surface area contributed by atoms with Gasteiger partial charge < -0.3 is 14.9 Å². The van der Waals surface area contributed by atoms with Crippen LogP contribution in [-0.4, -0.2) is 46.4 Å². The molecule has 0 aliphatic heterocycles. The maximum atomic E-state index is 12.1. The van der Waals surface area contributed by atoms with Crippen molar-refractivity contribution in [1.82, 2.24) is 0 Å². The molecule has 0 unspecified atom stereocenters. The van der Waals surface area contributed by atoms with E-state index in [1.165, 1.54) is 0 Å². The third-order valence-corrected chi connectivity index (χ3v) is 7.01. The molecule has 0 saturated heterocycles. The van der Waals surface area contributed by atoms with Gasteiger partial charge in [-0.2, -0.15) is 0 Å². The van der Waals surface area contributed by atoms with Crippen LogP contribution in [-0.2, 0) is 0 Å². The van der Waals surface area contributed by atoms with E-state index in [0.29, 0.717) is 29.7 Å². The average Bonchev–Trinajstić information content (AvgIpc) is 3.00. The first-order valence-electron chi connectivity index (χ1n) is 15.0. The van der Waals surface area contributed by atoms with Gasteiger partial charge in [0, 0.05) is 27.5 Å². The lowest BCUT2D eigenvalue weighted by atomic mass is 9.79. The molecule has 0 bridgehead atoms. The van der Waals surface area contributed by atoms with Gasteiger partial charge in [-0.1, -0.05) is 121 Å². The highest BCUT2D eigenvalue weighted by Crippen LogP contribution is 2.31. The van der Waals surface area contributed by atoms with Crippen LogP contribution in [0.1, 0.15) is 105 Å². The molecule has 0 amide bonds. The number of Topliss-reactive ketones (excluding diaryl/α,β-unsaturated/α-hetero) is 3. The van der Waals surface area contributed by atoms with Crippen LogP contribution in [0, 0.1) is 10.8 Å². The molecule has 6 nitrogen and oxygen atoms in total. The van der Waals surface area contributed by atoms with E-state index in [1.54, 1.807) is 36.4 Å². The number of benzene rings is 3. The minimum absolute atomic E-state index is 0.0112. The number of carbonyl (C=O) groups excluding carboxylic acids is 3. The number of hydrogen-bond donors (Lipinski definition) is 2. The fraction of sp³-hybridized carbons (Fsp3) is 0.432. The molecule has 0 spiro atoms. The number of ether oxygens (including phenoxy) is 1. The van der Waals surface area contributed by atoms with E-state index in [4.69, 9.17) is 9.84 Å². The topological polar surface area (TPSA) is 101 Å². The van der Waals surface area contributed by atoms with Crippen molar-refractivity contribution in [3.8, 4) is 5.75 Å². The van der Waals surface area contributed by atoms with Gasteiger partial charge in [0.2, 0.25) is 0 Å². The minimum atomic E-state index is -1.10. The maximum absolute atomic E-state index is 12.1.